The summed E-state index contributed by atoms with van der Waals surface area (Å²) in [5.74, 6) is 0.212. The summed E-state index contributed by atoms with van der Waals surface area (Å²) in [6.07, 6.45) is 1.51. The highest BCUT2D eigenvalue weighted by molar-refractivity contribution is 6.31. The zero-order valence-electron chi connectivity index (χ0n) is 18.0. The van der Waals surface area contributed by atoms with Crippen molar-refractivity contribution < 1.29 is 19.0 Å². The molecule has 2 aromatic carbocycles. The molecule has 0 saturated carbocycles. The van der Waals surface area contributed by atoms with E-state index in [1.54, 1.807) is 18.2 Å². The fraction of sp³-hybridized carbons (Fsp3) is 0.360. The molecule has 1 saturated heterocycles. The third-order valence-corrected chi connectivity index (χ3v) is 6.43. The SMILES string of the molecule is O=C(CCC1CCN(CC(O)COc2ccc(Cl)c(F)c2)C1)c1ccc2cc(Cl)ccc2n1. The quantitative estimate of drug-likeness (QED) is 0.406. The number of nitrogens with zero attached hydrogens (tertiary/aromatic N) is 2. The Morgan fingerprint density at radius 2 is 2.06 bits per heavy atom. The van der Waals surface area contributed by atoms with Gasteiger partial charge in [-0.2, -0.15) is 0 Å². The van der Waals surface area contributed by atoms with Gasteiger partial charge in [-0.25, -0.2) is 9.37 Å². The smallest absolute Gasteiger partial charge is 0.181 e. The number of aromatic nitrogens is 1. The van der Waals surface area contributed by atoms with Crippen molar-refractivity contribution >= 4 is 39.9 Å². The molecular formula is C25H25Cl2FN2O3. The van der Waals surface area contributed by atoms with Crippen LogP contribution in [0.1, 0.15) is 29.8 Å². The van der Waals surface area contributed by atoms with Crippen molar-refractivity contribution in [1.29, 1.82) is 0 Å². The lowest BCUT2D eigenvalue weighted by Gasteiger charge is -2.20. The Morgan fingerprint density at radius 1 is 1.21 bits per heavy atom. The van der Waals surface area contributed by atoms with Crippen LogP contribution in [-0.2, 0) is 0 Å². The van der Waals surface area contributed by atoms with Crippen LogP contribution in [0.4, 0.5) is 4.39 Å². The number of β-amino-alcohol motifs (C(OH)–C–C–N with tert-alkyl or cyclic N) is 1. The van der Waals surface area contributed by atoms with E-state index in [1.807, 2.05) is 18.2 Å². The summed E-state index contributed by atoms with van der Waals surface area (Å²) in [4.78, 5) is 19.3. The minimum absolute atomic E-state index is 0.0331. The minimum Gasteiger partial charge on any atom is -0.491 e. The van der Waals surface area contributed by atoms with Crippen molar-refractivity contribution in [2.45, 2.75) is 25.4 Å². The Kier molecular flexibility index (Phi) is 7.81. The molecule has 5 nitrogen and oxygen atoms in total. The first kappa shape index (κ1) is 23.9. The van der Waals surface area contributed by atoms with Crippen molar-refractivity contribution in [1.82, 2.24) is 9.88 Å². The maximum absolute atomic E-state index is 13.5. The predicted octanol–water partition coefficient (Wildman–Crippen LogP) is 5.41. The van der Waals surface area contributed by atoms with E-state index in [2.05, 4.69) is 9.88 Å². The number of likely N-dealkylation sites (tertiary alicyclic amines) is 1. The average Bonchev–Trinajstić information content (AvgIpc) is 3.25. The van der Waals surface area contributed by atoms with Gasteiger partial charge in [-0.15, -0.1) is 0 Å². The summed E-state index contributed by atoms with van der Waals surface area (Å²) in [5.41, 5.74) is 1.24. The fourth-order valence-electron chi connectivity index (χ4n) is 4.14. The second-order valence-corrected chi connectivity index (χ2v) is 9.29. The molecule has 2 atom stereocenters. The second-order valence-electron chi connectivity index (χ2n) is 8.45. The van der Waals surface area contributed by atoms with Crippen LogP contribution in [0.25, 0.3) is 10.9 Å². The number of benzene rings is 2. The van der Waals surface area contributed by atoms with Gasteiger partial charge in [0.15, 0.2) is 5.78 Å². The molecule has 0 amide bonds. The van der Waals surface area contributed by atoms with Crippen molar-refractivity contribution in [3.8, 4) is 5.75 Å². The number of pyridine rings is 1. The molecule has 33 heavy (non-hydrogen) atoms. The molecule has 174 valence electrons. The zero-order valence-corrected chi connectivity index (χ0v) is 19.5. The predicted molar refractivity (Wildman–Crippen MR) is 128 cm³/mol. The molecule has 2 unspecified atom stereocenters. The highest BCUT2D eigenvalue weighted by atomic mass is 35.5. The number of ketones is 1. The van der Waals surface area contributed by atoms with Gasteiger partial charge >= 0.3 is 0 Å². The summed E-state index contributed by atoms with van der Waals surface area (Å²) in [6, 6.07) is 13.3. The van der Waals surface area contributed by atoms with Crippen molar-refractivity contribution in [3.05, 3.63) is 70.1 Å². The normalized spacial score (nSPS) is 17.4. The Balaban J connectivity index is 1.21. The molecule has 0 radical (unpaired) electrons. The summed E-state index contributed by atoms with van der Waals surface area (Å²) < 4.78 is 19.0. The van der Waals surface area contributed by atoms with Gasteiger partial charge in [0.2, 0.25) is 0 Å². The molecule has 8 heteroatoms. The van der Waals surface area contributed by atoms with Crippen LogP contribution in [0.3, 0.4) is 0 Å². The van der Waals surface area contributed by atoms with Gasteiger partial charge in [0.05, 0.1) is 10.5 Å². The van der Waals surface area contributed by atoms with Gasteiger partial charge in [0.1, 0.15) is 30.0 Å². The van der Waals surface area contributed by atoms with E-state index < -0.39 is 11.9 Å². The topological polar surface area (TPSA) is 62.7 Å². The van der Waals surface area contributed by atoms with E-state index in [4.69, 9.17) is 27.9 Å². The fourth-order valence-corrected chi connectivity index (χ4v) is 4.44. The van der Waals surface area contributed by atoms with Gasteiger partial charge < -0.3 is 14.7 Å². The first-order chi connectivity index (χ1) is 15.9. The number of aliphatic hydroxyl groups is 1. The number of fused-ring (bicyclic) bond motifs is 1. The van der Waals surface area contributed by atoms with E-state index >= 15 is 0 Å². The monoisotopic (exact) mass is 490 g/mol. The second kappa shape index (κ2) is 10.8. The number of aliphatic hydroxyl groups excluding tert-OH is 1. The number of hydrogen-bond acceptors (Lipinski definition) is 5. The molecule has 1 aromatic heterocycles. The van der Waals surface area contributed by atoms with E-state index in [0.717, 1.165) is 36.8 Å². The molecular weight excluding hydrogens is 466 g/mol. The zero-order chi connectivity index (χ0) is 23.4. The number of ether oxygens (including phenoxy) is 1. The lowest BCUT2D eigenvalue weighted by molar-refractivity contribution is 0.0742. The number of halogens is 3. The largest absolute Gasteiger partial charge is 0.491 e. The molecule has 1 fully saturated rings. The van der Waals surface area contributed by atoms with Crippen LogP contribution in [-0.4, -0.2) is 53.1 Å². The Bertz CT molecular complexity index is 1140. The van der Waals surface area contributed by atoms with Gasteiger partial charge in [-0.05, 0) is 61.7 Å². The first-order valence-electron chi connectivity index (χ1n) is 10.9. The third-order valence-electron chi connectivity index (χ3n) is 5.89. The molecule has 0 spiro atoms. The van der Waals surface area contributed by atoms with Crippen LogP contribution in [0.2, 0.25) is 10.0 Å². The Hall–Kier alpha value is -2.25. The van der Waals surface area contributed by atoms with E-state index in [9.17, 15) is 14.3 Å². The number of carbonyl (C=O) groups is 1. The van der Waals surface area contributed by atoms with Gasteiger partial charge in [0.25, 0.3) is 0 Å². The van der Waals surface area contributed by atoms with Crippen LogP contribution < -0.4 is 4.74 Å². The summed E-state index contributed by atoms with van der Waals surface area (Å²) >= 11 is 11.7. The highest BCUT2D eigenvalue weighted by Crippen LogP contribution is 2.24. The molecule has 1 N–H and O–H groups in total. The molecule has 1 aliphatic rings. The maximum Gasteiger partial charge on any atom is 0.181 e. The molecule has 3 aromatic rings. The molecule has 0 bridgehead atoms. The van der Waals surface area contributed by atoms with Crippen LogP contribution in [0.15, 0.2) is 48.5 Å². The first-order valence-corrected chi connectivity index (χ1v) is 11.7. The number of hydrogen-bond donors (Lipinski definition) is 1. The maximum atomic E-state index is 13.5. The van der Waals surface area contributed by atoms with Gasteiger partial charge in [-0.1, -0.05) is 29.3 Å². The average molecular weight is 491 g/mol. The van der Waals surface area contributed by atoms with Crippen LogP contribution in [0, 0.1) is 11.7 Å². The number of Topliss-reactive ketones (excluding diaryl/α,β-unsaturated/α-hetero) is 1. The van der Waals surface area contributed by atoms with Gasteiger partial charge in [-0.3, -0.25) is 4.79 Å². The molecule has 1 aliphatic heterocycles. The van der Waals surface area contributed by atoms with Crippen molar-refractivity contribution in [2.24, 2.45) is 5.92 Å². The number of rotatable bonds is 9. The van der Waals surface area contributed by atoms with E-state index in [-0.39, 0.29) is 17.4 Å². The minimum atomic E-state index is -0.695. The highest BCUT2D eigenvalue weighted by Gasteiger charge is 2.25. The Morgan fingerprint density at radius 3 is 2.88 bits per heavy atom. The Labute approximate surface area is 202 Å². The standard InChI is InChI=1S/C25H25Cl2FN2O3/c26-18-3-7-23-17(11-18)2-6-24(29-23)25(32)8-1-16-9-10-30(13-16)14-19(31)15-33-20-4-5-21(27)22(28)12-20/h2-7,11-12,16,19,31H,1,8-10,13-15H2. The van der Waals surface area contributed by atoms with Crippen LogP contribution >= 0.6 is 23.2 Å². The molecule has 4 rings (SSSR count). The lowest BCUT2D eigenvalue weighted by Crippen LogP contribution is -2.34. The van der Waals surface area contributed by atoms with E-state index in [0.29, 0.717) is 35.3 Å². The third kappa shape index (κ3) is 6.42. The lowest BCUT2D eigenvalue weighted by atomic mass is 9.99. The number of carbonyl (C=O) groups excluding carboxylic acids is 1. The van der Waals surface area contributed by atoms with Crippen molar-refractivity contribution in [2.75, 3.05) is 26.2 Å². The van der Waals surface area contributed by atoms with Crippen LogP contribution in [0.5, 0.6) is 5.75 Å². The summed E-state index contributed by atoms with van der Waals surface area (Å²) in [7, 11) is 0. The summed E-state index contributed by atoms with van der Waals surface area (Å²) in [6.45, 7) is 2.22. The molecule has 2 heterocycles. The van der Waals surface area contributed by atoms with Gasteiger partial charge in [0, 0.05) is 36.0 Å². The molecule has 0 aliphatic carbocycles. The summed E-state index contributed by atoms with van der Waals surface area (Å²) in [5, 5.41) is 11.9. The van der Waals surface area contributed by atoms with E-state index in [1.165, 1.54) is 12.1 Å². The van der Waals surface area contributed by atoms with Crippen molar-refractivity contribution in [3.63, 3.8) is 0 Å².